The lowest BCUT2D eigenvalue weighted by atomic mass is 9.83. The number of allylic oxidation sites excluding steroid dienone is 3. The number of benzene rings is 1. The number of dihydropyridines is 1. The molecule has 0 saturated heterocycles. The molecule has 1 aliphatic rings. The van der Waals surface area contributed by atoms with Crippen LogP contribution in [-0.4, -0.2) is 24.1 Å². The van der Waals surface area contributed by atoms with Gasteiger partial charge in [-0.15, -0.1) is 0 Å². The summed E-state index contributed by atoms with van der Waals surface area (Å²) in [5, 5.41) is 14.6. The first-order valence-corrected chi connectivity index (χ1v) is 8.81. The van der Waals surface area contributed by atoms with Gasteiger partial charge in [0.1, 0.15) is 11.7 Å². The monoisotopic (exact) mass is 396 g/mol. The van der Waals surface area contributed by atoms with Gasteiger partial charge in [-0.2, -0.15) is 8.78 Å². The van der Waals surface area contributed by atoms with Gasteiger partial charge in [-0.3, -0.25) is 10.1 Å². The molecule has 1 aromatic rings. The van der Waals surface area contributed by atoms with Gasteiger partial charge < -0.3 is 14.8 Å². The van der Waals surface area contributed by atoms with E-state index >= 15 is 0 Å². The Labute approximate surface area is 161 Å². The van der Waals surface area contributed by atoms with E-state index in [-0.39, 0.29) is 34.9 Å². The number of rotatable bonds is 8. The second-order valence-corrected chi connectivity index (χ2v) is 6.27. The molecule has 1 atom stereocenters. The fraction of sp³-hybridized carbons (Fsp3) is 0.421. The molecule has 0 spiro atoms. The van der Waals surface area contributed by atoms with E-state index in [0.717, 1.165) is 6.42 Å². The number of para-hydroxylation sites is 1. The van der Waals surface area contributed by atoms with E-state index in [2.05, 4.69) is 10.1 Å². The summed E-state index contributed by atoms with van der Waals surface area (Å²) in [7, 11) is 0. The van der Waals surface area contributed by atoms with Crippen LogP contribution in [0.4, 0.5) is 8.78 Å². The normalized spacial score (nSPS) is 16.9. The van der Waals surface area contributed by atoms with Gasteiger partial charge in [-0.05, 0) is 26.3 Å². The number of unbranched alkanes of at least 4 members (excludes halogenated alkanes) is 1. The predicted octanol–water partition coefficient (Wildman–Crippen LogP) is 4.10. The summed E-state index contributed by atoms with van der Waals surface area (Å²) >= 11 is 0. The quantitative estimate of drug-likeness (QED) is 0.308. The van der Waals surface area contributed by atoms with Gasteiger partial charge in [-0.1, -0.05) is 31.5 Å². The van der Waals surface area contributed by atoms with E-state index in [1.54, 1.807) is 6.92 Å². The van der Waals surface area contributed by atoms with Gasteiger partial charge in [0, 0.05) is 11.3 Å². The van der Waals surface area contributed by atoms with E-state index in [1.807, 2.05) is 6.92 Å². The molecular formula is C19H22F2N2O5. The molecule has 1 heterocycles. The molecule has 1 aromatic carbocycles. The fourth-order valence-corrected chi connectivity index (χ4v) is 3.11. The summed E-state index contributed by atoms with van der Waals surface area (Å²) in [6, 6.07) is 5.72. The van der Waals surface area contributed by atoms with Crippen molar-refractivity contribution in [3.63, 3.8) is 0 Å². The molecule has 7 nitrogen and oxygen atoms in total. The summed E-state index contributed by atoms with van der Waals surface area (Å²) in [5.74, 6) is -2.18. The van der Waals surface area contributed by atoms with E-state index in [4.69, 9.17) is 4.74 Å². The first kappa shape index (κ1) is 21.3. The molecule has 2 rings (SSSR count). The van der Waals surface area contributed by atoms with Gasteiger partial charge >= 0.3 is 12.6 Å². The van der Waals surface area contributed by atoms with Crippen LogP contribution in [0.2, 0.25) is 0 Å². The fourth-order valence-electron chi connectivity index (χ4n) is 3.11. The van der Waals surface area contributed by atoms with E-state index < -0.39 is 23.4 Å². The van der Waals surface area contributed by atoms with Crippen molar-refractivity contribution in [2.24, 2.45) is 0 Å². The Morgan fingerprint density at radius 3 is 2.57 bits per heavy atom. The Kier molecular flexibility index (Phi) is 7.08. The average Bonchev–Trinajstić information content (AvgIpc) is 2.60. The van der Waals surface area contributed by atoms with E-state index in [0.29, 0.717) is 12.1 Å². The third-order valence-corrected chi connectivity index (χ3v) is 4.32. The summed E-state index contributed by atoms with van der Waals surface area (Å²) < 4.78 is 35.5. The summed E-state index contributed by atoms with van der Waals surface area (Å²) in [6.07, 6.45) is 1.44. The Balaban J connectivity index is 2.60. The molecule has 0 amide bonds. The lowest BCUT2D eigenvalue weighted by Crippen LogP contribution is -2.32. The molecule has 0 fully saturated rings. The second kappa shape index (κ2) is 9.29. The van der Waals surface area contributed by atoms with E-state index in [9.17, 15) is 23.7 Å². The standard InChI is InChI=1S/C19H22F2N2O5/c1-4-5-10-27-18(24)15-11(2)22-12(3)17(23(25)26)16(15)13-8-6-7-9-14(13)28-19(20)21/h6-9,16,19,22H,4-5,10H2,1-3H3. The number of carbonyl (C=O) groups excluding carboxylic acids is 1. The van der Waals surface area contributed by atoms with Crippen molar-refractivity contribution < 1.29 is 28.0 Å². The minimum absolute atomic E-state index is 0.00119. The van der Waals surface area contributed by atoms with Crippen LogP contribution in [0.25, 0.3) is 0 Å². The zero-order chi connectivity index (χ0) is 20.8. The summed E-state index contributed by atoms with van der Waals surface area (Å²) in [6.45, 7) is 2.05. The number of ether oxygens (including phenoxy) is 2. The Bertz CT molecular complexity index is 820. The van der Waals surface area contributed by atoms with Gasteiger partial charge in [0.2, 0.25) is 0 Å². The zero-order valence-electron chi connectivity index (χ0n) is 15.8. The molecule has 1 unspecified atom stereocenters. The van der Waals surface area contributed by atoms with Crippen LogP contribution in [0.15, 0.2) is 46.9 Å². The van der Waals surface area contributed by atoms with Crippen molar-refractivity contribution in [1.29, 1.82) is 0 Å². The van der Waals surface area contributed by atoms with Crippen molar-refractivity contribution >= 4 is 5.97 Å². The Morgan fingerprint density at radius 1 is 1.29 bits per heavy atom. The maximum Gasteiger partial charge on any atom is 0.387 e. The molecule has 152 valence electrons. The molecule has 0 aromatic heterocycles. The predicted molar refractivity (Wildman–Crippen MR) is 97.2 cm³/mol. The van der Waals surface area contributed by atoms with Crippen LogP contribution < -0.4 is 10.1 Å². The molecule has 9 heteroatoms. The molecular weight excluding hydrogens is 374 g/mol. The number of carbonyl (C=O) groups is 1. The van der Waals surface area contributed by atoms with Crippen molar-refractivity contribution in [3.8, 4) is 5.75 Å². The van der Waals surface area contributed by atoms with Gasteiger partial charge in [0.25, 0.3) is 5.70 Å². The highest BCUT2D eigenvalue weighted by Crippen LogP contribution is 2.42. The number of alkyl halides is 2. The van der Waals surface area contributed by atoms with Crippen LogP contribution in [0.1, 0.15) is 45.1 Å². The van der Waals surface area contributed by atoms with Crippen LogP contribution >= 0.6 is 0 Å². The van der Waals surface area contributed by atoms with Crippen molar-refractivity contribution in [1.82, 2.24) is 5.32 Å². The smallest absolute Gasteiger partial charge is 0.387 e. The van der Waals surface area contributed by atoms with Crippen LogP contribution in [-0.2, 0) is 9.53 Å². The minimum atomic E-state index is -3.11. The minimum Gasteiger partial charge on any atom is -0.462 e. The molecule has 1 aliphatic heterocycles. The van der Waals surface area contributed by atoms with Crippen LogP contribution in [0.3, 0.4) is 0 Å². The van der Waals surface area contributed by atoms with Crippen molar-refractivity contribution in [2.45, 2.75) is 46.1 Å². The number of hydrogen-bond donors (Lipinski definition) is 1. The first-order chi connectivity index (χ1) is 13.3. The number of halogens is 2. The molecule has 0 radical (unpaired) electrons. The average molecular weight is 396 g/mol. The molecule has 0 saturated carbocycles. The lowest BCUT2D eigenvalue weighted by molar-refractivity contribution is -0.431. The summed E-state index contributed by atoms with van der Waals surface area (Å²) in [4.78, 5) is 23.9. The van der Waals surface area contributed by atoms with E-state index in [1.165, 1.54) is 31.2 Å². The topological polar surface area (TPSA) is 90.7 Å². The highest BCUT2D eigenvalue weighted by atomic mass is 19.3. The largest absolute Gasteiger partial charge is 0.462 e. The highest BCUT2D eigenvalue weighted by Gasteiger charge is 2.42. The first-order valence-electron chi connectivity index (χ1n) is 8.81. The highest BCUT2D eigenvalue weighted by molar-refractivity contribution is 5.92. The number of nitrogens with one attached hydrogen (secondary N) is 1. The van der Waals surface area contributed by atoms with Crippen molar-refractivity contribution in [3.05, 3.63) is 62.6 Å². The molecule has 28 heavy (non-hydrogen) atoms. The zero-order valence-corrected chi connectivity index (χ0v) is 15.8. The number of esters is 1. The Morgan fingerprint density at radius 2 is 1.96 bits per heavy atom. The lowest BCUT2D eigenvalue weighted by Gasteiger charge is -2.27. The van der Waals surface area contributed by atoms with Crippen molar-refractivity contribution in [2.75, 3.05) is 6.61 Å². The van der Waals surface area contributed by atoms with Gasteiger partial charge in [-0.25, -0.2) is 4.79 Å². The van der Waals surface area contributed by atoms with Gasteiger partial charge in [0.15, 0.2) is 0 Å². The molecule has 1 N–H and O–H groups in total. The molecule has 0 bridgehead atoms. The SMILES string of the molecule is CCCCOC(=O)C1=C(C)NC(C)=C([N+](=O)[O-])C1c1ccccc1OC(F)F. The maximum atomic E-state index is 12.9. The number of nitrogens with zero attached hydrogens (tertiary/aromatic N) is 1. The third-order valence-electron chi connectivity index (χ3n) is 4.32. The van der Waals surface area contributed by atoms with Gasteiger partial charge in [0.05, 0.1) is 22.8 Å². The number of nitro groups is 1. The maximum absolute atomic E-state index is 12.9. The Hall–Kier alpha value is -2.97. The van der Waals surface area contributed by atoms with Crippen LogP contribution in [0, 0.1) is 10.1 Å². The third kappa shape index (κ3) is 4.65. The molecule has 0 aliphatic carbocycles. The number of hydrogen-bond acceptors (Lipinski definition) is 6. The van der Waals surface area contributed by atoms with Crippen LogP contribution in [0.5, 0.6) is 5.75 Å². The second-order valence-electron chi connectivity index (χ2n) is 6.27. The summed E-state index contributed by atoms with van der Waals surface area (Å²) in [5.41, 5.74) is 0.347.